The van der Waals surface area contributed by atoms with E-state index in [2.05, 4.69) is 139 Å². The highest BCUT2D eigenvalue weighted by Gasteiger charge is 2.20. The van der Waals surface area contributed by atoms with E-state index in [0.717, 1.165) is 49.7 Å². The molecule has 258 valence electrons. The van der Waals surface area contributed by atoms with Gasteiger partial charge in [-0.2, -0.15) is 9.97 Å². The molecule has 54 heavy (non-hydrogen) atoms. The van der Waals surface area contributed by atoms with E-state index in [1.807, 2.05) is 60.7 Å². The maximum absolute atomic E-state index is 5.14. The van der Waals surface area contributed by atoms with Crippen molar-refractivity contribution in [2.45, 2.75) is 26.2 Å². The molecule has 0 bridgehead atoms. The van der Waals surface area contributed by atoms with Gasteiger partial charge in [-0.3, -0.25) is 4.57 Å². The summed E-state index contributed by atoms with van der Waals surface area (Å²) in [4.78, 5) is 15.3. The van der Waals surface area contributed by atoms with Crippen molar-refractivity contribution >= 4 is 43.6 Å². The summed E-state index contributed by atoms with van der Waals surface area (Å²) in [6, 6.07) is 60.2. The van der Waals surface area contributed by atoms with E-state index < -0.39 is 0 Å². The lowest BCUT2D eigenvalue weighted by atomic mass is 9.87. The van der Waals surface area contributed by atoms with Gasteiger partial charge in [0.05, 0.1) is 22.1 Å². The molecular formula is C49H37N5. The maximum Gasteiger partial charge on any atom is 0.238 e. The SMILES string of the molecule is CC(C)(C)c1ccc(-n2c3ccccc3c3ccc(-c4ccc5c6ccccc6n(-c6nc(-c7ccccc7)nc(-c7ccccc7)n6)c5c4)cc32)cc1. The van der Waals surface area contributed by atoms with Crippen molar-refractivity contribution in [3.63, 3.8) is 0 Å². The average Bonchev–Trinajstić information content (AvgIpc) is 3.73. The third-order valence-electron chi connectivity index (χ3n) is 10.6. The van der Waals surface area contributed by atoms with Gasteiger partial charge < -0.3 is 4.57 Å². The lowest BCUT2D eigenvalue weighted by Crippen LogP contribution is -2.10. The van der Waals surface area contributed by atoms with Crippen molar-refractivity contribution in [2.75, 3.05) is 0 Å². The summed E-state index contributed by atoms with van der Waals surface area (Å²) in [6.45, 7) is 6.78. The summed E-state index contributed by atoms with van der Waals surface area (Å²) in [7, 11) is 0. The molecule has 5 nitrogen and oxygen atoms in total. The first-order valence-corrected chi connectivity index (χ1v) is 18.5. The molecule has 0 saturated carbocycles. The van der Waals surface area contributed by atoms with Crippen LogP contribution in [0, 0.1) is 0 Å². The number of nitrogens with zero attached hydrogens (tertiary/aromatic N) is 5. The number of fused-ring (bicyclic) bond motifs is 6. The summed E-state index contributed by atoms with van der Waals surface area (Å²) >= 11 is 0. The summed E-state index contributed by atoms with van der Waals surface area (Å²) in [5.41, 5.74) is 11.2. The Labute approximate surface area is 313 Å². The summed E-state index contributed by atoms with van der Waals surface area (Å²) in [6.07, 6.45) is 0. The molecule has 3 aromatic heterocycles. The fourth-order valence-electron chi connectivity index (χ4n) is 7.80. The van der Waals surface area contributed by atoms with E-state index in [9.17, 15) is 0 Å². The highest BCUT2D eigenvalue weighted by molar-refractivity contribution is 6.12. The largest absolute Gasteiger partial charge is 0.309 e. The van der Waals surface area contributed by atoms with E-state index in [1.165, 1.54) is 27.4 Å². The fraction of sp³-hybridized carbons (Fsp3) is 0.0816. The van der Waals surface area contributed by atoms with Crippen LogP contribution in [-0.2, 0) is 5.41 Å². The molecule has 0 saturated heterocycles. The number of para-hydroxylation sites is 2. The van der Waals surface area contributed by atoms with Crippen molar-refractivity contribution in [3.8, 4) is 45.5 Å². The smallest absolute Gasteiger partial charge is 0.238 e. The molecule has 0 amide bonds. The molecule has 5 heteroatoms. The second kappa shape index (κ2) is 12.4. The quantitative estimate of drug-likeness (QED) is 0.180. The van der Waals surface area contributed by atoms with Crippen molar-refractivity contribution < 1.29 is 0 Å². The molecule has 0 radical (unpaired) electrons. The number of benzene rings is 7. The van der Waals surface area contributed by atoms with Crippen LogP contribution >= 0.6 is 0 Å². The predicted octanol–water partition coefficient (Wildman–Crippen LogP) is 12.4. The Bertz CT molecular complexity index is 2950. The van der Waals surface area contributed by atoms with Crippen molar-refractivity contribution in [1.82, 2.24) is 24.1 Å². The molecule has 0 unspecified atom stereocenters. The molecule has 10 aromatic rings. The summed E-state index contributed by atoms with van der Waals surface area (Å²) < 4.78 is 4.60. The fourth-order valence-corrected chi connectivity index (χ4v) is 7.80. The summed E-state index contributed by atoms with van der Waals surface area (Å²) in [5, 5.41) is 4.77. The Morgan fingerprint density at radius 3 is 1.33 bits per heavy atom. The topological polar surface area (TPSA) is 48.5 Å². The van der Waals surface area contributed by atoms with E-state index in [4.69, 9.17) is 15.0 Å². The highest BCUT2D eigenvalue weighted by atomic mass is 15.2. The van der Waals surface area contributed by atoms with Gasteiger partial charge in [0.25, 0.3) is 0 Å². The first kappa shape index (κ1) is 31.9. The Balaban J connectivity index is 1.19. The van der Waals surface area contributed by atoms with Crippen LogP contribution in [0.4, 0.5) is 0 Å². The van der Waals surface area contributed by atoms with Crippen LogP contribution in [0.1, 0.15) is 26.3 Å². The van der Waals surface area contributed by atoms with Crippen LogP contribution < -0.4 is 0 Å². The van der Waals surface area contributed by atoms with Gasteiger partial charge in [-0.1, -0.05) is 154 Å². The van der Waals surface area contributed by atoms with E-state index in [-0.39, 0.29) is 5.41 Å². The second-order valence-corrected chi connectivity index (χ2v) is 15.0. The van der Waals surface area contributed by atoms with Gasteiger partial charge in [0.15, 0.2) is 11.6 Å². The molecular weight excluding hydrogens is 659 g/mol. The average molecular weight is 696 g/mol. The normalized spacial score (nSPS) is 12.0. The van der Waals surface area contributed by atoms with Crippen molar-refractivity contribution in [3.05, 3.63) is 175 Å². The second-order valence-electron chi connectivity index (χ2n) is 15.0. The zero-order valence-electron chi connectivity index (χ0n) is 30.4. The molecule has 0 aliphatic rings. The van der Waals surface area contributed by atoms with Gasteiger partial charge in [0.2, 0.25) is 5.95 Å². The minimum Gasteiger partial charge on any atom is -0.309 e. The Kier molecular flexibility index (Phi) is 7.31. The molecule has 0 aliphatic carbocycles. The van der Waals surface area contributed by atoms with Gasteiger partial charge in [-0.25, -0.2) is 4.98 Å². The van der Waals surface area contributed by atoms with Gasteiger partial charge in [-0.05, 0) is 58.5 Å². The molecule has 0 aliphatic heterocycles. The molecule has 0 atom stereocenters. The number of rotatable bonds is 5. The van der Waals surface area contributed by atoms with E-state index in [1.54, 1.807) is 0 Å². The summed E-state index contributed by atoms with van der Waals surface area (Å²) in [5.74, 6) is 1.85. The van der Waals surface area contributed by atoms with Crippen LogP contribution in [0.15, 0.2) is 170 Å². The molecule has 10 rings (SSSR count). The molecule has 0 spiro atoms. The lowest BCUT2D eigenvalue weighted by molar-refractivity contribution is 0.590. The van der Waals surface area contributed by atoms with Gasteiger partial charge in [-0.15, -0.1) is 0 Å². The molecule has 0 N–H and O–H groups in total. The lowest BCUT2D eigenvalue weighted by Gasteiger charge is -2.19. The maximum atomic E-state index is 5.14. The van der Waals surface area contributed by atoms with Crippen molar-refractivity contribution in [1.29, 1.82) is 0 Å². The monoisotopic (exact) mass is 695 g/mol. The predicted molar refractivity (Wildman–Crippen MR) is 224 cm³/mol. The van der Waals surface area contributed by atoms with Gasteiger partial charge in [0, 0.05) is 38.4 Å². The van der Waals surface area contributed by atoms with Crippen LogP contribution in [-0.4, -0.2) is 24.1 Å². The van der Waals surface area contributed by atoms with Gasteiger partial charge in [0.1, 0.15) is 0 Å². The minimum absolute atomic E-state index is 0.0845. The van der Waals surface area contributed by atoms with E-state index >= 15 is 0 Å². The van der Waals surface area contributed by atoms with Gasteiger partial charge >= 0.3 is 0 Å². The number of aromatic nitrogens is 5. The van der Waals surface area contributed by atoms with E-state index in [0.29, 0.717) is 17.6 Å². The molecule has 3 heterocycles. The van der Waals surface area contributed by atoms with Crippen LogP contribution in [0.5, 0.6) is 0 Å². The zero-order valence-corrected chi connectivity index (χ0v) is 30.4. The number of hydrogen-bond donors (Lipinski definition) is 0. The highest BCUT2D eigenvalue weighted by Crippen LogP contribution is 2.38. The van der Waals surface area contributed by atoms with Crippen LogP contribution in [0.3, 0.4) is 0 Å². The third kappa shape index (κ3) is 5.28. The number of hydrogen-bond acceptors (Lipinski definition) is 3. The van der Waals surface area contributed by atoms with Crippen LogP contribution in [0.2, 0.25) is 0 Å². The minimum atomic E-state index is 0.0845. The zero-order chi connectivity index (χ0) is 36.4. The standard InChI is InChI=1S/C49H37N5/c1-49(2,3)36-24-26-37(27-25-36)53-42-20-12-10-18-38(42)40-28-22-34(30-44(40)53)35-23-29-41-39-19-11-13-21-43(39)54(45(41)31-35)48-51-46(32-14-6-4-7-15-32)50-47(52-48)33-16-8-5-9-17-33/h4-31H,1-3H3. The Morgan fingerprint density at radius 1 is 0.370 bits per heavy atom. The molecule has 0 fully saturated rings. The first-order valence-electron chi connectivity index (χ1n) is 18.5. The van der Waals surface area contributed by atoms with Crippen molar-refractivity contribution in [2.24, 2.45) is 0 Å². The Morgan fingerprint density at radius 2 is 0.815 bits per heavy atom. The first-order chi connectivity index (χ1) is 26.4. The van der Waals surface area contributed by atoms with Crippen LogP contribution in [0.25, 0.3) is 89.2 Å². The molecule has 7 aromatic carbocycles. The Hall–Kier alpha value is -6.85. The third-order valence-corrected chi connectivity index (χ3v) is 10.6.